The van der Waals surface area contributed by atoms with E-state index in [1.807, 2.05) is 38.1 Å². The highest BCUT2D eigenvalue weighted by atomic mass is 16.5. The first-order chi connectivity index (χ1) is 11.0. The summed E-state index contributed by atoms with van der Waals surface area (Å²) in [5, 5.41) is 13.7. The van der Waals surface area contributed by atoms with E-state index in [4.69, 9.17) is 13.9 Å². The molecule has 2 rings (SSSR count). The molecule has 2 N–H and O–H groups in total. The molecule has 0 radical (unpaired) electrons. The fourth-order valence-electron chi connectivity index (χ4n) is 2.36. The molecule has 0 saturated heterocycles. The molecule has 0 aliphatic rings. The van der Waals surface area contributed by atoms with Gasteiger partial charge in [-0.1, -0.05) is 6.07 Å². The van der Waals surface area contributed by atoms with Gasteiger partial charge in [-0.05, 0) is 50.6 Å². The van der Waals surface area contributed by atoms with Gasteiger partial charge in [0, 0.05) is 13.1 Å². The van der Waals surface area contributed by atoms with Gasteiger partial charge in [0.25, 0.3) is 0 Å². The molecule has 0 aliphatic heterocycles. The highest BCUT2D eigenvalue weighted by Crippen LogP contribution is 2.28. The summed E-state index contributed by atoms with van der Waals surface area (Å²) < 4.78 is 16.3. The van der Waals surface area contributed by atoms with Crippen LogP contribution in [0.2, 0.25) is 0 Å². The monoisotopic (exact) mass is 319 g/mol. The van der Waals surface area contributed by atoms with Gasteiger partial charge in [-0.25, -0.2) is 0 Å². The molecule has 1 atom stereocenters. The highest BCUT2D eigenvalue weighted by molar-refractivity contribution is 5.42. The molecule has 0 bridgehead atoms. The van der Waals surface area contributed by atoms with Crippen molar-refractivity contribution in [2.24, 2.45) is 0 Å². The lowest BCUT2D eigenvalue weighted by atomic mass is 10.0. The minimum absolute atomic E-state index is 0.384. The van der Waals surface area contributed by atoms with Crippen LogP contribution in [-0.2, 0) is 12.1 Å². The van der Waals surface area contributed by atoms with Crippen LogP contribution in [0.25, 0.3) is 0 Å². The van der Waals surface area contributed by atoms with Gasteiger partial charge in [-0.2, -0.15) is 0 Å². The van der Waals surface area contributed by atoms with Crippen molar-refractivity contribution in [3.63, 3.8) is 0 Å². The molecule has 0 aliphatic carbocycles. The second-order valence-electron chi connectivity index (χ2n) is 5.71. The zero-order chi connectivity index (χ0) is 16.9. The molecule has 1 heterocycles. The summed E-state index contributed by atoms with van der Waals surface area (Å²) in [7, 11) is 1.62. The molecule has 0 fully saturated rings. The van der Waals surface area contributed by atoms with E-state index >= 15 is 0 Å². The largest absolute Gasteiger partial charge is 0.493 e. The van der Waals surface area contributed by atoms with Gasteiger partial charge in [0.1, 0.15) is 17.1 Å². The summed E-state index contributed by atoms with van der Waals surface area (Å²) in [6.45, 7) is 7.12. The summed E-state index contributed by atoms with van der Waals surface area (Å²) in [6, 6.07) is 9.46. The SMILES string of the molecule is CCOc1ccc(CNCC(C)(O)c2ccc(C)o2)cc1OC. The number of hydrogen-bond donors (Lipinski definition) is 2. The van der Waals surface area contributed by atoms with Crippen molar-refractivity contribution in [2.75, 3.05) is 20.3 Å². The Bertz CT molecular complexity index is 634. The number of furan rings is 1. The van der Waals surface area contributed by atoms with E-state index < -0.39 is 5.60 Å². The highest BCUT2D eigenvalue weighted by Gasteiger charge is 2.26. The van der Waals surface area contributed by atoms with Gasteiger partial charge in [0.15, 0.2) is 11.5 Å². The van der Waals surface area contributed by atoms with Crippen molar-refractivity contribution in [3.05, 3.63) is 47.4 Å². The quantitative estimate of drug-likeness (QED) is 0.783. The fourth-order valence-corrected chi connectivity index (χ4v) is 2.36. The number of aryl methyl sites for hydroxylation is 1. The maximum absolute atomic E-state index is 10.5. The third-order valence-corrected chi connectivity index (χ3v) is 3.60. The zero-order valence-electron chi connectivity index (χ0n) is 14.2. The van der Waals surface area contributed by atoms with E-state index in [1.165, 1.54) is 0 Å². The van der Waals surface area contributed by atoms with Gasteiger partial charge in [-0.3, -0.25) is 0 Å². The average Bonchev–Trinajstić information content (AvgIpc) is 2.96. The van der Waals surface area contributed by atoms with Gasteiger partial charge >= 0.3 is 0 Å². The molecule has 1 aromatic heterocycles. The van der Waals surface area contributed by atoms with Gasteiger partial charge in [0.2, 0.25) is 0 Å². The van der Waals surface area contributed by atoms with E-state index in [0.717, 1.165) is 17.1 Å². The lowest BCUT2D eigenvalue weighted by molar-refractivity contribution is 0.0332. The Morgan fingerprint density at radius 2 is 2.00 bits per heavy atom. The number of methoxy groups -OCH3 is 1. The predicted octanol–water partition coefficient (Wildman–Crippen LogP) is 2.99. The summed E-state index contributed by atoms with van der Waals surface area (Å²) in [5.41, 5.74) is 0.000551. The smallest absolute Gasteiger partial charge is 0.161 e. The van der Waals surface area contributed by atoms with Crippen molar-refractivity contribution in [1.82, 2.24) is 5.32 Å². The van der Waals surface area contributed by atoms with E-state index in [1.54, 1.807) is 20.1 Å². The van der Waals surface area contributed by atoms with Gasteiger partial charge in [0.05, 0.1) is 13.7 Å². The molecule has 0 spiro atoms. The van der Waals surface area contributed by atoms with E-state index in [9.17, 15) is 5.11 Å². The molecule has 0 amide bonds. The first-order valence-electron chi connectivity index (χ1n) is 7.76. The Labute approximate surface area is 137 Å². The van der Waals surface area contributed by atoms with Gasteiger partial charge in [-0.15, -0.1) is 0 Å². The lowest BCUT2D eigenvalue weighted by Gasteiger charge is -2.21. The van der Waals surface area contributed by atoms with Crippen molar-refractivity contribution in [3.8, 4) is 11.5 Å². The van der Waals surface area contributed by atoms with Crippen LogP contribution in [0, 0.1) is 6.92 Å². The van der Waals surface area contributed by atoms with Crippen LogP contribution in [0.1, 0.15) is 30.9 Å². The molecular weight excluding hydrogens is 294 g/mol. The van der Waals surface area contributed by atoms with Crippen LogP contribution in [0.5, 0.6) is 11.5 Å². The lowest BCUT2D eigenvalue weighted by Crippen LogP contribution is -2.34. The minimum Gasteiger partial charge on any atom is -0.493 e. The minimum atomic E-state index is -1.05. The third-order valence-electron chi connectivity index (χ3n) is 3.60. The molecule has 126 valence electrons. The first-order valence-corrected chi connectivity index (χ1v) is 7.76. The van der Waals surface area contributed by atoms with Crippen LogP contribution < -0.4 is 14.8 Å². The fraction of sp³-hybridized carbons (Fsp3) is 0.444. The maximum atomic E-state index is 10.5. The first kappa shape index (κ1) is 17.4. The second kappa shape index (κ2) is 7.53. The normalized spacial score (nSPS) is 13.6. The van der Waals surface area contributed by atoms with Crippen LogP contribution in [0.3, 0.4) is 0 Å². The Morgan fingerprint density at radius 1 is 1.22 bits per heavy atom. The molecule has 5 nitrogen and oxygen atoms in total. The molecule has 23 heavy (non-hydrogen) atoms. The molecular formula is C18H25NO4. The summed E-state index contributed by atoms with van der Waals surface area (Å²) in [4.78, 5) is 0. The topological polar surface area (TPSA) is 63.9 Å². The summed E-state index contributed by atoms with van der Waals surface area (Å²) in [5.74, 6) is 2.79. The van der Waals surface area contributed by atoms with Crippen molar-refractivity contribution >= 4 is 0 Å². The van der Waals surface area contributed by atoms with E-state index in [-0.39, 0.29) is 0 Å². The zero-order valence-corrected chi connectivity index (χ0v) is 14.2. The van der Waals surface area contributed by atoms with E-state index in [0.29, 0.717) is 31.2 Å². The number of benzene rings is 1. The molecule has 5 heteroatoms. The Morgan fingerprint density at radius 3 is 2.61 bits per heavy atom. The van der Waals surface area contributed by atoms with Crippen molar-refractivity contribution in [2.45, 2.75) is 32.9 Å². The second-order valence-corrected chi connectivity index (χ2v) is 5.71. The van der Waals surface area contributed by atoms with Crippen LogP contribution in [0.15, 0.2) is 34.7 Å². The predicted molar refractivity (Wildman–Crippen MR) is 88.9 cm³/mol. The average molecular weight is 319 g/mol. The Hall–Kier alpha value is -1.98. The van der Waals surface area contributed by atoms with Crippen LogP contribution in [-0.4, -0.2) is 25.4 Å². The van der Waals surface area contributed by atoms with Gasteiger partial charge < -0.3 is 24.3 Å². The van der Waals surface area contributed by atoms with Crippen molar-refractivity contribution < 1.29 is 19.0 Å². The number of hydrogen-bond acceptors (Lipinski definition) is 5. The summed E-state index contributed by atoms with van der Waals surface area (Å²) >= 11 is 0. The molecule has 1 aromatic carbocycles. The molecule has 1 unspecified atom stereocenters. The number of ether oxygens (including phenoxy) is 2. The van der Waals surface area contributed by atoms with E-state index in [2.05, 4.69) is 5.32 Å². The Kier molecular flexibility index (Phi) is 5.69. The standard InChI is InChI=1S/C18H25NO4/c1-5-22-15-8-7-14(10-16(15)21-4)11-19-12-18(3,20)17-9-6-13(2)23-17/h6-10,19-20H,5,11-12H2,1-4H3. The maximum Gasteiger partial charge on any atom is 0.161 e. The Balaban J connectivity index is 1.95. The number of rotatable bonds is 8. The molecule has 2 aromatic rings. The molecule has 0 saturated carbocycles. The van der Waals surface area contributed by atoms with Crippen molar-refractivity contribution in [1.29, 1.82) is 0 Å². The van der Waals surface area contributed by atoms with Crippen LogP contribution in [0.4, 0.5) is 0 Å². The summed E-state index contributed by atoms with van der Waals surface area (Å²) in [6.07, 6.45) is 0. The number of aliphatic hydroxyl groups is 1. The third kappa shape index (κ3) is 4.50. The number of nitrogens with one attached hydrogen (secondary N) is 1. The van der Waals surface area contributed by atoms with Crippen LogP contribution >= 0.6 is 0 Å².